The Morgan fingerprint density at radius 1 is 1.10 bits per heavy atom. The maximum atomic E-state index is 12.8. The van der Waals surface area contributed by atoms with Gasteiger partial charge >= 0.3 is 0 Å². The van der Waals surface area contributed by atoms with Crippen LogP contribution >= 0.6 is 0 Å². The smallest absolute Gasteiger partial charge is 0.274 e. The van der Waals surface area contributed by atoms with E-state index in [1.165, 1.54) is 0 Å². The normalized spacial score (nSPS) is 14.2. The summed E-state index contributed by atoms with van der Waals surface area (Å²) in [4.78, 5) is 19.6. The minimum Gasteiger partial charge on any atom is -0.378 e. The fraction of sp³-hybridized carbons (Fsp3) is 0.227. The van der Waals surface area contributed by atoms with E-state index in [-0.39, 0.29) is 5.56 Å². The molecule has 0 spiro atoms. The van der Waals surface area contributed by atoms with Gasteiger partial charge in [-0.05, 0) is 36.4 Å². The van der Waals surface area contributed by atoms with E-state index < -0.39 is 0 Å². The van der Waals surface area contributed by atoms with Crippen molar-refractivity contribution in [1.29, 1.82) is 0 Å². The van der Waals surface area contributed by atoms with E-state index in [9.17, 15) is 4.79 Å². The second-order valence-electron chi connectivity index (χ2n) is 7.29. The number of benzene rings is 1. The highest BCUT2D eigenvalue weighted by Gasteiger charge is 2.13. The molecule has 4 aromatic rings. The molecule has 0 amide bonds. The molecule has 0 unspecified atom stereocenters. The van der Waals surface area contributed by atoms with Crippen molar-refractivity contribution in [2.24, 2.45) is 7.05 Å². The van der Waals surface area contributed by atoms with Gasteiger partial charge in [0.15, 0.2) is 0 Å². The molecule has 2 N–H and O–H groups in total. The first-order chi connectivity index (χ1) is 14.7. The fourth-order valence-corrected chi connectivity index (χ4v) is 3.76. The number of nitrogens with one attached hydrogen (secondary N) is 2. The number of hydrogen-bond acceptors (Lipinski definition) is 6. The van der Waals surface area contributed by atoms with Crippen molar-refractivity contribution in [2.45, 2.75) is 0 Å². The largest absolute Gasteiger partial charge is 0.378 e. The number of rotatable bonds is 4. The summed E-state index contributed by atoms with van der Waals surface area (Å²) in [5, 5.41) is 11.1. The molecule has 0 aliphatic carbocycles. The van der Waals surface area contributed by atoms with Crippen molar-refractivity contribution in [2.75, 3.05) is 36.5 Å². The van der Waals surface area contributed by atoms with E-state index in [0.717, 1.165) is 54.2 Å². The van der Waals surface area contributed by atoms with Gasteiger partial charge in [0, 0.05) is 37.3 Å². The number of nitrogens with zero attached hydrogens (tertiary/aromatic N) is 4. The highest BCUT2D eigenvalue weighted by atomic mass is 16.5. The molecule has 8 heteroatoms. The summed E-state index contributed by atoms with van der Waals surface area (Å²) in [5.74, 6) is 0.633. The Hall–Kier alpha value is -3.65. The molecule has 30 heavy (non-hydrogen) atoms. The lowest BCUT2D eigenvalue weighted by molar-refractivity contribution is 0.122. The SMILES string of the molecule is Cn1c(=O)c(Nc2ccc(N3CCOCC3)cn2)cc2cc(-c3ccn[nH]3)ccc21. The first-order valence-electron chi connectivity index (χ1n) is 9.88. The number of ether oxygens (including phenoxy) is 1. The lowest BCUT2D eigenvalue weighted by Gasteiger charge is -2.28. The molecular formula is C22H22N6O2. The van der Waals surface area contributed by atoms with Gasteiger partial charge in [0.1, 0.15) is 11.5 Å². The van der Waals surface area contributed by atoms with Crippen molar-refractivity contribution in [1.82, 2.24) is 19.7 Å². The number of pyridine rings is 2. The summed E-state index contributed by atoms with van der Waals surface area (Å²) in [6.45, 7) is 3.18. The Labute approximate surface area is 173 Å². The maximum Gasteiger partial charge on any atom is 0.274 e. The van der Waals surface area contributed by atoms with Crippen LogP contribution in [0.25, 0.3) is 22.2 Å². The van der Waals surface area contributed by atoms with Gasteiger partial charge in [0.2, 0.25) is 0 Å². The van der Waals surface area contributed by atoms with Gasteiger partial charge < -0.3 is 19.5 Å². The fourth-order valence-electron chi connectivity index (χ4n) is 3.76. The second-order valence-corrected chi connectivity index (χ2v) is 7.29. The quantitative estimate of drug-likeness (QED) is 0.546. The van der Waals surface area contributed by atoms with Crippen molar-refractivity contribution < 1.29 is 4.74 Å². The van der Waals surface area contributed by atoms with Gasteiger partial charge in [-0.25, -0.2) is 4.98 Å². The number of H-pyrrole nitrogens is 1. The highest BCUT2D eigenvalue weighted by molar-refractivity contribution is 5.87. The van der Waals surface area contributed by atoms with Gasteiger partial charge in [0.25, 0.3) is 5.56 Å². The van der Waals surface area contributed by atoms with E-state index >= 15 is 0 Å². The van der Waals surface area contributed by atoms with Crippen LogP contribution < -0.4 is 15.8 Å². The Balaban J connectivity index is 1.46. The van der Waals surface area contributed by atoms with Crippen LogP contribution in [0.4, 0.5) is 17.2 Å². The third kappa shape index (κ3) is 3.42. The summed E-state index contributed by atoms with van der Waals surface area (Å²) >= 11 is 0. The van der Waals surface area contributed by atoms with Gasteiger partial charge in [0.05, 0.1) is 36.3 Å². The van der Waals surface area contributed by atoms with E-state index in [0.29, 0.717) is 11.5 Å². The van der Waals surface area contributed by atoms with Crippen LogP contribution in [0, 0.1) is 0 Å². The number of fused-ring (bicyclic) bond motifs is 1. The van der Waals surface area contributed by atoms with Crippen LogP contribution in [0.15, 0.2) is 59.7 Å². The first-order valence-corrected chi connectivity index (χ1v) is 9.88. The van der Waals surface area contributed by atoms with Crippen LogP contribution in [0.5, 0.6) is 0 Å². The van der Waals surface area contributed by atoms with Gasteiger partial charge in [-0.15, -0.1) is 0 Å². The molecule has 1 fully saturated rings. The number of aromatic nitrogens is 4. The van der Waals surface area contributed by atoms with Crippen molar-refractivity contribution in [3.8, 4) is 11.3 Å². The molecule has 0 bridgehead atoms. The molecule has 0 radical (unpaired) electrons. The zero-order chi connectivity index (χ0) is 20.5. The average molecular weight is 402 g/mol. The molecule has 152 valence electrons. The summed E-state index contributed by atoms with van der Waals surface area (Å²) in [6, 6.07) is 13.7. The molecule has 1 saturated heterocycles. The minimum atomic E-state index is -0.101. The monoisotopic (exact) mass is 402 g/mol. The molecule has 3 aromatic heterocycles. The van der Waals surface area contributed by atoms with Crippen molar-refractivity contribution >= 4 is 28.1 Å². The molecule has 8 nitrogen and oxygen atoms in total. The highest BCUT2D eigenvalue weighted by Crippen LogP contribution is 2.25. The first kappa shape index (κ1) is 18.4. The Kier molecular flexibility index (Phi) is 4.68. The summed E-state index contributed by atoms with van der Waals surface area (Å²) in [6.07, 6.45) is 3.55. The molecule has 5 rings (SSSR count). The number of morpholine rings is 1. The Morgan fingerprint density at radius 3 is 2.70 bits per heavy atom. The molecule has 1 aromatic carbocycles. The number of hydrogen-bond donors (Lipinski definition) is 2. The number of aryl methyl sites for hydroxylation is 1. The summed E-state index contributed by atoms with van der Waals surface area (Å²) < 4.78 is 7.05. The summed E-state index contributed by atoms with van der Waals surface area (Å²) in [7, 11) is 1.78. The molecule has 0 atom stereocenters. The van der Waals surface area contributed by atoms with Crippen molar-refractivity contribution in [3.63, 3.8) is 0 Å². The maximum absolute atomic E-state index is 12.8. The third-order valence-electron chi connectivity index (χ3n) is 5.42. The predicted octanol–water partition coefficient (Wildman–Crippen LogP) is 2.90. The van der Waals surface area contributed by atoms with Crippen LogP contribution in [-0.4, -0.2) is 46.1 Å². The lowest BCUT2D eigenvalue weighted by Crippen LogP contribution is -2.36. The number of anilines is 3. The molecule has 4 heterocycles. The van der Waals surface area contributed by atoms with Crippen LogP contribution in [0.1, 0.15) is 0 Å². The topological polar surface area (TPSA) is 88.1 Å². The van der Waals surface area contributed by atoms with Crippen LogP contribution in [0.2, 0.25) is 0 Å². The summed E-state index contributed by atoms with van der Waals surface area (Å²) in [5.41, 5.74) is 4.25. The minimum absolute atomic E-state index is 0.101. The molecule has 0 saturated carbocycles. The van der Waals surface area contributed by atoms with Crippen LogP contribution in [-0.2, 0) is 11.8 Å². The van der Waals surface area contributed by atoms with E-state index in [1.54, 1.807) is 17.8 Å². The van der Waals surface area contributed by atoms with Crippen molar-refractivity contribution in [3.05, 3.63) is 65.2 Å². The zero-order valence-corrected chi connectivity index (χ0v) is 16.6. The van der Waals surface area contributed by atoms with E-state index in [4.69, 9.17) is 4.74 Å². The third-order valence-corrected chi connectivity index (χ3v) is 5.42. The average Bonchev–Trinajstić information content (AvgIpc) is 3.33. The predicted molar refractivity (Wildman–Crippen MR) is 117 cm³/mol. The Morgan fingerprint density at radius 2 is 1.97 bits per heavy atom. The van der Waals surface area contributed by atoms with E-state index in [2.05, 4.69) is 25.4 Å². The van der Waals surface area contributed by atoms with Crippen LogP contribution in [0.3, 0.4) is 0 Å². The Bertz CT molecular complexity index is 1230. The molecule has 1 aliphatic heterocycles. The molecule has 1 aliphatic rings. The standard InChI is InChI=1S/C22H22N6O2/c1-27-20-4-2-15(18-6-7-24-26-18)12-16(20)13-19(22(27)29)25-21-5-3-17(14-23-21)28-8-10-30-11-9-28/h2-7,12-14H,8-11H2,1H3,(H,23,25)(H,24,26). The second kappa shape index (κ2) is 7.64. The lowest BCUT2D eigenvalue weighted by atomic mass is 10.1. The number of aromatic amines is 1. The molecular weight excluding hydrogens is 380 g/mol. The van der Waals surface area contributed by atoms with Gasteiger partial charge in [-0.1, -0.05) is 6.07 Å². The zero-order valence-electron chi connectivity index (χ0n) is 16.6. The van der Waals surface area contributed by atoms with Gasteiger partial charge in [-0.3, -0.25) is 9.89 Å². The van der Waals surface area contributed by atoms with Gasteiger partial charge in [-0.2, -0.15) is 5.10 Å². The van der Waals surface area contributed by atoms with E-state index in [1.807, 2.05) is 48.7 Å².